The molecule has 2 rings (SSSR count). The molecule has 3 nitrogen and oxygen atoms in total. The quantitative estimate of drug-likeness (QED) is 0.663. The van der Waals surface area contributed by atoms with E-state index in [-0.39, 0.29) is 0 Å². The second kappa shape index (κ2) is 2.92. The summed E-state index contributed by atoms with van der Waals surface area (Å²) in [7, 11) is 0. The van der Waals surface area contributed by atoms with E-state index in [9.17, 15) is 0 Å². The van der Waals surface area contributed by atoms with Crippen molar-refractivity contribution in [1.82, 2.24) is 14.6 Å². The number of pyridine rings is 1. The van der Waals surface area contributed by atoms with E-state index >= 15 is 0 Å². The standard InChI is InChI=1S/C7H5Cl2N3/c8-4-7-11-10-6-3-5(9)1-2-12(6)7/h1-3H,4H2. The van der Waals surface area contributed by atoms with Crippen molar-refractivity contribution in [1.29, 1.82) is 0 Å². The molecule has 2 aromatic rings. The Morgan fingerprint density at radius 3 is 3.00 bits per heavy atom. The average Bonchev–Trinajstić information content (AvgIpc) is 2.46. The predicted octanol–water partition coefficient (Wildman–Crippen LogP) is 2.12. The zero-order valence-electron chi connectivity index (χ0n) is 6.04. The van der Waals surface area contributed by atoms with Gasteiger partial charge in [-0.2, -0.15) is 0 Å². The molecule has 2 heterocycles. The van der Waals surface area contributed by atoms with Crippen molar-refractivity contribution in [3.05, 3.63) is 29.2 Å². The Hall–Kier alpha value is -0.800. The van der Waals surface area contributed by atoms with Gasteiger partial charge in [0.05, 0.1) is 5.88 Å². The van der Waals surface area contributed by atoms with Gasteiger partial charge in [-0.25, -0.2) is 0 Å². The molecule has 5 heteroatoms. The molecule has 0 radical (unpaired) electrons. The van der Waals surface area contributed by atoms with E-state index in [4.69, 9.17) is 23.2 Å². The molecule has 0 spiro atoms. The second-order valence-electron chi connectivity index (χ2n) is 2.32. The van der Waals surface area contributed by atoms with Crippen LogP contribution in [-0.4, -0.2) is 14.6 Å². The van der Waals surface area contributed by atoms with Crippen molar-refractivity contribution in [3.63, 3.8) is 0 Å². The summed E-state index contributed by atoms with van der Waals surface area (Å²) < 4.78 is 1.80. The van der Waals surface area contributed by atoms with Crippen LogP contribution in [0.2, 0.25) is 5.02 Å². The number of nitrogens with zero attached hydrogens (tertiary/aromatic N) is 3. The molecule has 12 heavy (non-hydrogen) atoms. The van der Waals surface area contributed by atoms with E-state index in [1.165, 1.54) is 0 Å². The Kier molecular flexibility index (Phi) is 1.90. The maximum Gasteiger partial charge on any atom is 0.162 e. The van der Waals surface area contributed by atoms with Crippen molar-refractivity contribution < 1.29 is 0 Å². The summed E-state index contributed by atoms with van der Waals surface area (Å²) in [4.78, 5) is 0. The van der Waals surface area contributed by atoms with Crippen LogP contribution in [0.1, 0.15) is 5.82 Å². The van der Waals surface area contributed by atoms with Gasteiger partial charge >= 0.3 is 0 Å². The van der Waals surface area contributed by atoms with E-state index in [0.717, 1.165) is 11.5 Å². The first kappa shape index (κ1) is 7.83. The summed E-state index contributed by atoms with van der Waals surface area (Å²) in [6.45, 7) is 0. The second-order valence-corrected chi connectivity index (χ2v) is 3.03. The number of aromatic nitrogens is 3. The SMILES string of the molecule is ClCc1nnc2cc(Cl)ccn12. The van der Waals surface area contributed by atoms with Crippen molar-refractivity contribution in [2.45, 2.75) is 5.88 Å². The average molecular weight is 202 g/mol. The van der Waals surface area contributed by atoms with Crippen molar-refractivity contribution >= 4 is 28.8 Å². The van der Waals surface area contributed by atoms with Gasteiger partial charge in [0.1, 0.15) is 0 Å². The van der Waals surface area contributed by atoms with Gasteiger partial charge in [0.2, 0.25) is 0 Å². The molecule has 0 N–H and O–H groups in total. The van der Waals surface area contributed by atoms with Crippen LogP contribution in [0.15, 0.2) is 18.3 Å². The molecule has 0 amide bonds. The molecule has 0 atom stereocenters. The molecule has 0 bridgehead atoms. The first-order valence-electron chi connectivity index (χ1n) is 3.36. The van der Waals surface area contributed by atoms with Gasteiger partial charge in [-0.1, -0.05) is 11.6 Å². The third kappa shape index (κ3) is 1.15. The highest BCUT2D eigenvalue weighted by Crippen LogP contribution is 2.12. The van der Waals surface area contributed by atoms with Crippen LogP contribution in [0, 0.1) is 0 Å². The van der Waals surface area contributed by atoms with Crippen molar-refractivity contribution in [2.24, 2.45) is 0 Å². The zero-order chi connectivity index (χ0) is 8.55. The minimum Gasteiger partial charge on any atom is -0.285 e. The number of hydrogen-bond acceptors (Lipinski definition) is 2. The summed E-state index contributed by atoms with van der Waals surface area (Å²) >= 11 is 11.4. The summed E-state index contributed by atoms with van der Waals surface area (Å²) in [5.41, 5.74) is 0.721. The molecule has 0 saturated heterocycles. The van der Waals surface area contributed by atoms with Gasteiger partial charge in [-0.15, -0.1) is 21.8 Å². The third-order valence-electron chi connectivity index (χ3n) is 1.56. The van der Waals surface area contributed by atoms with Gasteiger partial charge in [0.25, 0.3) is 0 Å². The smallest absolute Gasteiger partial charge is 0.162 e. The van der Waals surface area contributed by atoms with Gasteiger partial charge in [-0.3, -0.25) is 4.40 Å². The molecule has 2 aromatic heterocycles. The fraction of sp³-hybridized carbons (Fsp3) is 0.143. The Balaban J connectivity index is 2.73. The largest absolute Gasteiger partial charge is 0.285 e. The first-order chi connectivity index (χ1) is 5.81. The van der Waals surface area contributed by atoms with Crippen LogP contribution in [-0.2, 0) is 5.88 Å². The van der Waals surface area contributed by atoms with E-state index < -0.39 is 0 Å². The molecule has 0 saturated carbocycles. The highest BCUT2D eigenvalue weighted by atomic mass is 35.5. The molecule has 0 aliphatic carbocycles. The number of alkyl halides is 1. The summed E-state index contributed by atoms with van der Waals surface area (Å²) in [6, 6.07) is 3.51. The number of halogens is 2. The minimum absolute atomic E-state index is 0.350. The monoisotopic (exact) mass is 201 g/mol. The highest BCUT2D eigenvalue weighted by molar-refractivity contribution is 6.30. The fourth-order valence-corrected chi connectivity index (χ4v) is 1.34. The van der Waals surface area contributed by atoms with Gasteiger partial charge in [0.15, 0.2) is 11.5 Å². The van der Waals surface area contributed by atoms with E-state index in [1.807, 2.05) is 0 Å². The summed E-state index contributed by atoms with van der Waals surface area (Å²) in [6.07, 6.45) is 1.80. The first-order valence-corrected chi connectivity index (χ1v) is 4.27. The van der Waals surface area contributed by atoms with E-state index in [0.29, 0.717) is 10.9 Å². The van der Waals surface area contributed by atoms with Crippen molar-refractivity contribution in [3.8, 4) is 0 Å². The number of rotatable bonds is 1. The molecule has 0 unspecified atom stereocenters. The molecule has 0 aromatic carbocycles. The van der Waals surface area contributed by atoms with Crippen LogP contribution >= 0.6 is 23.2 Å². The maximum atomic E-state index is 5.76. The lowest BCUT2D eigenvalue weighted by Gasteiger charge is -1.94. The lowest BCUT2D eigenvalue weighted by molar-refractivity contribution is 0.986. The fourth-order valence-electron chi connectivity index (χ4n) is 1.01. The normalized spacial score (nSPS) is 10.8. The van der Waals surface area contributed by atoms with E-state index in [2.05, 4.69) is 10.2 Å². The Labute approximate surface area is 78.9 Å². The summed E-state index contributed by atoms with van der Waals surface area (Å²) in [5, 5.41) is 8.42. The Bertz CT molecular complexity index is 410. The molecule has 0 fully saturated rings. The molecular weight excluding hydrogens is 197 g/mol. The predicted molar refractivity (Wildman–Crippen MR) is 47.6 cm³/mol. The van der Waals surface area contributed by atoms with Crippen molar-refractivity contribution in [2.75, 3.05) is 0 Å². The topological polar surface area (TPSA) is 30.2 Å². The summed E-state index contributed by atoms with van der Waals surface area (Å²) in [5.74, 6) is 1.08. The molecule has 0 aliphatic heterocycles. The highest BCUT2D eigenvalue weighted by Gasteiger charge is 2.02. The molecule has 62 valence electrons. The Morgan fingerprint density at radius 1 is 1.42 bits per heavy atom. The van der Waals surface area contributed by atoms with Gasteiger partial charge in [-0.05, 0) is 6.07 Å². The Morgan fingerprint density at radius 2 is 2.25 bits per heavy atom. The lowest BCUT2D eigenvalue weighted by Crippen LogP contribution is -1.89. The minimum atomic E-state index is 0.350. The zero-order valence-corrected chi connectivity index (χ0v) is 7.55. The van der Waals surface area contributed by atoms with Crippen LogP contribution in [0.3, 0.4) is 0 Å². The van der Waals surface area contributed by atoms with Gasteiger partial charge in [0, 0.05) is 17.3 Å². The molecule has 0 aliphatic rings. The van der Waals surface area contributed by atoms with E-state index in [1.54, 1.807) is 22.7 Å². The van der Waals surface area contributed by atoms with Crippen LogP contribution in [0.5, 0.6) is 0 Å². The third-order valence-corrected chi connectivity index (χ3v) is 2.04. The lowest BCUT2D eigenvalue weighted by atomic mass is 10.5. The van der Waals surface area contributed by atoms with Crippen LogP contribution < -0.4 is 0 Å². The maximum absolute atomic E-state index is 5.76. The number of hydrogen-bond donors (Lipinski definition) is 0. The van der Waals surface area contributed by atoms with Crippen LogP contribution in [0.4, 0.5) is 0 Å². The van der Waals surface area contributed by atoms with Gasteiger partial charge < -0.3 is 0 Å². The molecular formula is C7H5Cl2N3. The van der Waals surface area contributed by atoms with Crippen LogP contribution in [0.25, 0.3) is 5.65 Å². The number of fused-ring (bicyclic) bond motifs is 1.